The van der Waals surface area contributed by atoms with Crippen molar-refractivity contribution in [2.75, 3.05) is 33.3 Å². The number of nitrogens with zero attached hydrogens (tertiary/aromatic N) is 6. The number of aryl methyl sites for hydroxylation is 1. The lowest BCUT2D eigenvalue weighted by Crippen LogP contribution is -2.45. The molecule has 5 rings (SSSR count). The van der Waals surface area contributed by atoms with Crippen LogP contribution >= 0.6 is 0 Å². The molecule has 2 aliphatic rings. The van der Waals surface area contributed by atoms with E-state index in [9.17, 15) is 18.8 Å². The summed E-state index contributed by atoms with van der Waals surface area (Å²) < 4.78 is 23.1. The predicted octanol–water partition coefficient (Wildman–Crippen LogP) is 2.03. The van der Waals surface area contributed by atoms with E-state index in [2.05, 4.69) is 10.3 Å². The smallest absolute Gasteiger partial charge is 0.263 e. The topological polar surface area (TPSA) is 103 Å². The third-order valence-electron chi connectivity index (χ3n) is 6.82. The molecule has 1 atom stereocenters. The molecule has 0 spiro atoms. The molecular weight excluding hydrogens is 479 g/mol. The lowest BCUT2D eigenvalue weighted by atomic mass is 9.96. The fourth-order valence-electron chi connectivity index (χ4n) is 4.97. The molecule has 3 aromatic rings. The van der Waals surface area contributed by atoms with Crippen LogP contribution in [0.25, 0.3) is 0 Å². The number of pyridine rings is 1. The maximum absolute atomic E-state index is 14.1. The number of piperidine rings is 1. The molecule has 4 heterocycles. The van der Waals surface area contributed by atoms with Gasteiger partial charge in [0.05, 0.1) is 24.9 Å². The molecule has 194 valence electrons. The van der Waals surface area contributed by atoms with Crippen LogP contribution in [0.4, 0.5) is 4.39 Å². The van der Waals surface area contributed by atoms with Gasteiger partial charge < -0.3 is 19.1 Å². The number of hydrogen-bond donors (Lipinski definition) is 0. The molecule has 10 nitrogen and oxygen atoms in total. The van der Waals surface area contributed by atoms with Gasteiger partial charge in [-0.05, 0) is 49.1 Å². The zero-order chi connectivity index (χ0) is 25.9. The van der Waals surface area contributed by atoms with Crippen LogP contribution in [0.15, 0.2) is 47.5 Å². The number of ether oxygens (including phenoxy) is 1. The van der Waals surface area contributed by atoms with E-state index in [0.717, 1.165) is 12.8 Å². The minimum Gasteiger partial charge on any atom is -0.493 e. The van der Waals surface area contributed by atoms with Crippen molar-refractivity contribution in [2.45, 2.75) is 32.4 Å². The van der Waals surface area contributed by atoms with Crippen molar-refractivity contribution in [3.8, 4) is 5.75 Å². The van der Waals surface area contributed by atoms with Gasteiger partial charge >= 0.3 is 0 Å². The first-order valence-corrected chi connectivity index (χ1v) is 12.4. The van der Waals surface area contributed by atoms with Gasteiger partial charge in [-0.15, -0.1) is 5.10 Å². The second-order valence-electron chi connectivity index (χ2n) is 9.62. The van der Waals surface area contributed by atoms with Gasteiger partial charge in [0.2, 0.25) is 0 Å². The van der Waals surface area contributed by atoms with Crippen molar-refractivity contribution >= 4 is 11.8 Å². The van der Waals surface area contributed by atoms with E-state index in [-0.39, 0.29) is 35.4 Å². The minimum atomic E-state index is -0.507. The molecule has 0 N–H and O–H groups in total. The van der Waals surface area contributed by atoms with Gasteiger partial charge in [0.1, 0.15) is 22.8 Å². The minimum absolute atomic E-state index is 0.0242. The van der Waals surface area contributed by atoms with E-state index in [4.69, 9.17) is 4.74 Å². The van der Waals surface area contributed by atoms with Gasteiger partial charge in [-0.25, -0.2) is 4.39 Å². The summed E-state index contributed by atoms with van der Waals surface area (Å²) in [7, 11) is 1.66. The molecular formula is C26H29FN6O4. The van der Waals surface area contributed by atoms with E-state index in [1.807, 2.05) is 0 Å². The molecule has 6 bridgehead atoms. The summed E-state index contributed by atoms with van der Waals surface area (Å²) in [6.07, 6.45) is 5.55. The Hall–Kier alpha value is -4.02. The SMILES string of the molecule is CN1CC2CCCN(C2)C(=O)c2cc(F)ccc2OCCCn2cc(nn2)Cn2cccc(c2=O)C1=O. The van der Waals surface area contributed by atoms with Crippen molar-refractivity contribution in [3.05, 3.63) is 75.7 Å². The molecule has 1 aromatic carbocycles. The standard InChI is InChI=1S/C26H29FN6O4/c1-30-14-18-5-2-9-31(15-18)26(36)22-13-19(27)7-8-23(22)37-12-4-11-33-17-20(28-29-33)16-32-10-3-6-21(24(30)34)25(32)35/h3,6-8,10,13,17-18H,2,4-5,9,11-12,14-16H2,1H3. The van der Waals surface area contributed by atoms with Crippen LogP contribution in [-0.4, -0.2) is 74.5 Å². The highest BCUT2D eigenvalue weighted by molar-refractivity contribution is 5.97. The van der Waals surface area contributed by atoms with Crippen LogP contribution in [0.2, 0.25) is 0 Å². The Morgan fingerprint density at radius 1 is 1.03 bits per heavy atom. The molecule has 37 heavy (non-hydrogen) atoms. The molecule has 1 unspecified atom stereocenters. The lowest BCUT2D eigenvalue weighted by molar-refractivity contribution is 0.0614. The van der Waals surface area contributed by atoms with Gasteiger partial charge in [0.15, 0.2) is 0 Å². The predicted molar refractivity (Wildman–Crippen MR) is 132 cm³/mol. The number of carbonyl (C=O) groups is 2. The monoisotopic (exact) mass is 508 g/mol. The average Bonchev–Trinajstić information content (AvgIpc) is 3.34. The third kappa shape index (κ3) is 5.40. The van der Waals surface area contributed by atoms with Crippen LogP contribution in [0.5, 0.6) is 5.75 Å². The van der Waals surface area contributed by atoms with Gasteiger partial charge in [0.25, 0.3) is 17.4 Å². The fourth-order valence-corrected chi connectivity index (χ4v) is 4.97. The average molecular weight is 509 g/mol. The molecule has 2 aromatic heterocycles. The highest BCUT2D eigenvalue weighted by Crippen LogP contribution is 2.25. The molecule has 0 saturated carbocycles. The molecule has 1 fully saturated rings. The number of benzene rings is 1. The van der Waals surface area contributed by atoms with Gasteiger partial charge in [-0.1, -0.05) is 5.21 Å². The Kier molecular flexibility index (Phi) is 7.02. The molecule has 2 amide bonds. The maximum Gasteiger partial charge on any atom is 0.263 e. The third-order valence-corrected chi connectivity index (χ3v) is 6.82. The van der Waals surface area contributed by atoms with Gasteiger partial charge in [0, 0.05) is 45.8 Å². The Morgan fingerprint density at radius 3 is 2.76 bits per heavy atom. The Labute approximate surface area is 213 Å². The van der Waals surface area contributed by atoms with E-state index in [0.29, 0.717) is 50.7 Å². The summed E-state index contributed by atoms with van der Waals surface area (Å²) >= 11 is 0. The number of aromatic nitrogens is 4. The zero-order valence-electron chi connectivity index (χ0n) is 20.7. The molecule has 0 aliphatic carbocycles. The zero-order valence-corrected chi connectivity index (χ0v) is 20.7. The van der Waals surface area contributed by atoms with Crippen LogP contribution < -0.4 is 10.3 Å². The summed E-state index contributed by atoms with van der Waals surface area (Å²) in [6.45, 7) is 2.36. The van der Waals surface area contributed by atoms with Crippen LogP contribution in [0, 0.1) is 11.7 Å². The number of carbonyl (C=O) groups excluding carboxylic acids is 2. The quantitative estimate of drug-likeness (QED) is 0.461. The highest BCUT2D eigenvalue weighted by atomic mass is 19.1. The van der Waals surface area contributed by atoms with E-state index in [1.54, 1.807) is 35.1 Å². The summed E-state index contributed by atoms with van der Waals surface area (Å²) in [4.78, 5) is 42.9. The Bertz CT molecular complexity index is 1370. The molecule has 0 radical (unpaired) electrons. The van der Waals surface area contributed by atoms with Crippen LogP contribution in [0.3, 0.4) is 0 Å². The molecule has 1 saturated heterocycles. The Balaban J connectivity index is 1.46. The van der Waals surface area contributed by atoms with Crippen molar-refractivity contribution in [2.24, 2.45) is 5.92 Å². The van der Waals surface area contributed by atoms with Crippen LogP contribution in [-0.2, 0) is 13.1 Å². The summed E-state index contributed by atoms with van der Waals surface area (Å²) in [6, 6.07) is 7.19. The van der Waals surface area contributed by atoms with Crippen LogP contribution in [0.1, 0.15) is 45.7 Å². The molecule has 11 heteroatoms. The number of rotatable bonds is 0. The largest absolute Gasteiger partial charge is 0.493 e. The van der Waals surface area contributed by atoms with Crippen molar-refractivity contribution in [1.29, 1.82) is 0 Å². The first kappa shape index (κ1) is 24.7. The number of hydrogen-bond acceptors (Lipinski definition) is 6. The molecule has 2 aliphatic heterocycles. The summed E-state index contributed by atoms with van der Waals surface area (Å²) in [5.41, 5.74) is 0.462. The fraction of sp³-hybridized carbons (Fsp3) is 0.423. The lowest BCUT2D eigenvalue weighted by Gasteiger charge is -2.35. The van der Waals surface area contributed by atoms with Gasteiger partial charge in [-0.3, -0.25) is 19.1 Å². The summed E-state index contributed by atoms with van der Waals surface area (Å²) in [5.74, 6) is -0.813. The first-order chi connectivity index (χ1) is 17.9. The van der Waals surface area contributed by atoms with Crippen molar-refractivity contribution < 1.29 is 18.7 Å². The number of halogens is 1. The second-order valence-corrected chi connectivity index (χ2v) is 9.62. The number of amides is 2. The van der Waals surface area contributed by atoms with E-state index < -0.39 is 11.4 Å². The van der Waals surface area contributed by atoms with E-state index >= 15 is 0 Å². The maximum atomic E-state index is 14.1. The van der Waals surface area contributed by atoms with Crippen molar-refractivity contribution in [3.63, 3.8) is 0 Å². The Morgan fingerprint density at radius 2 is 1.89 bits per heavy atom. The second kappa shape index (κ2) is 10.5. The van der Waals surface area contributed by atoms with Gasteiger partial charge in [-0.2, -0.15) is 0 Å². The summed E-state index contributed by atoms with van der Waals surface area (Å²) in [5, 5.41) is 8.26. The first-order valence-electron chi connectivity index (χ1n) is 12.4. The normalized spacial score (nSPS) is 19.2. The van der Waals surface area contributed by atoms with E-state index in [1.165, 1.54) is 33.7 Å². The number of fused-ring (bicyclic) bond motifs is 7. The van der Waals surface area contributed by atoms with Crippen molar-refractivity contribution in [1.82, 2.24) is 29.4 Å². The highest BCUT2D eigenvalue weighted by Gasteiger charge is 2.29.